The van der Waals surface area contributed by atoms with Crippen molar-refractivity contribution in [2.75, 3.05) is 32.7 Å². The Hall–Kier alpha value is -1.19. The molecule has 0 aliphatic carbocycles. The number of hydrogen-bond donors (Lipinski definition) is 2. The fourth-order valence-electron chi connectivity index (χ4n) is 4.22. The minimum Gasteiger partial charge on any atom is -0.343 e. The Balaban J connectivity index is 1.65. The molecule has 0 saturated carbocycles. The lowest BCUT2D eigenvalue weighted by Gasteiger charge is -2.36. The van der Waals surface area contributed by atoms with Crippen LogP contribution in [-0.4, -0.2) is 62.3 Å². The van der Waals surface area contributed by atoms with E-state index in [1.165, 1.54) is 10.4 Å². The van der Waals surface area contributed by atoms with Gasteiger partial charge in [0.2, 0.25) is 15.9 Å². The molecular formula is C19H29ClN4O3S. The molecule has 1 amide bonds. The molecule has 156 valence electrons. The maximum absolute atomic E-state index is 12.9. The number of hydrazine groups is 1. The van der Waals surface area contributed by atoms with Crippen molar-refractivity contribution < 1.29 is 13.2 Å². The number of benzene rings is 1. The summed E-state index contributed by atoms with van der Waals surface area (Å²) in [7, 11) is -3.54. The lowest BCUT2D eigenvalue weighted by molar-refractivity contribution is -0.135. The van der Waals surface area contributed by atoms with Crippen LogP contribution in [0.1, 0.15) is 26.7 Å². The van der Waals surface area contributed by atoms with E-state index in [1.54, 1.807) is 18.2 Å². The molecule has 2 unspecified atom stereocenters. The topological polar surface area (TPSA) is 81.8 Å². The summed E-state index contributed by atoms with van der Waals surface area (Å²) in [6.45, 7) is 6.90. The first kappa shape index (κ1) is 21.5. The summed E-state index contributed by atoms with van der Waals surface area (Å²) < 4.78 is 27.3. The molecule has 2 aliphatic rings. The zero-order chi connectivity index (χ0) is 20.3. The predicted molar refractivity (Wildman–Crippen MR) is 109 cm³/mol. The molecule has 9 heteroatoms. The van der Waals surface area contributed by atoms with Crippen molar-refractivity contribution in [3.05, 3.63) is 29.3 Å². The van der Waals surface area contributed by atoms with E-state index in [2.05, 4.69) is 10.9 Å². The number of halogens is 1. The van der Waals surface area contributed by atoms with E-state index < -0.39 is 10.0 Å². The quantitative estimate of drug-likeness (QED) is 0.720. The van der Waals surface area contributed by atoms with Crippen LogP contribution in [0.25, 0.3) is 0 Å². The minimum atomic E-state index is -3.54. The molecule has 2 heterocycles. The molecule has 7 nitrogen and oxygen atoms in total. The molecule has 0 radical (unpaired) electrons. The molecule has 0 aromatic heterocycles. The third-order valence-electron chi connectivity index (χ3n) is 5.86. The van der Waals surface area contributed by atoms with Crippen LogP contribution in [0.15, 0.2) is 29.2 Å². The highest BCUT2D eigenvalue weighted by Crippen LogP contribution is 2.30. The number of hydrogen-bond acceptors (Lipinski definition) is 5. The number of carbonyl (C=O) groups is 1. The van der Waals surface area contributed by atoms with E-state index in [9.17, 15) is 13.2 Å². The molecule has 1 aromatic rings. The van der Waals surface area contributed by atoms with Crippen molar-refractivity contribution in [3.8, 4) is 0 Å². The minimum absolute atomic E-state index is 0.0316. The highest BCUT2D eigenvalue weighted by atomic mass is 35.5. The summed E-state index contributed by atoms with van der Waals surface area (Å²) >= 11 is 5.96. The van der Waals surface area contributed by atoms with Gasteiger partial charge in [-0.25, -0.2) is 8.42 Å². The maximum atomic E-state index is 12.9. The van der Waals surface area contributed by atoms with Gasteiger partial charge >= 0.3 is 0 Å². The summed E-state index contributed by atoms with van der Waals surface area (Å²) in [4.78, 5) is 14.9. The van der Waals surface area contributed by atoms with Crippen LogP contribution in [0.5, 0.6) is 0 Å². The Bertz CT molecular complexity index is 792. The van der Waals surface area contributed by atoms with Crippen LogP contribution in [0.3, 0.4) is 0 Å². The largest absolute Gasteiger partial charge is 0.343 e. The second-order valence-corrected chi connectivity index (χ2v) is 9.74. The van der Waals surface area contributed by atoms with E-state index in [1.807, 2.05) is 18.7 Å². The van der Waals surface area contributed by atoms with Crippen molar-refractivity contribution in [2.45, 2.75) is 37.6 Å². The Labute approximate surface area is 172 Å². The Morgan fingerprint density at radius 1 is 1.25 bits per heavy atom. The standard InChI is InChI=1S/C19H29ClN4O3S/c1-3-23(4-2)19(25)17-13-21-22-18(17)14-8-10-24(11-9-14)28(26,27)16-7-5-6-15(20)12-16/h5-7,12,14,17-18,21-22H,3-4,8-11,13H2,1-2H3. The highest BCUT2D eigenvalue weighted by Gasteiger charge is 2.41. The van der Waals surface area contributed by atoms with Gasteiger partial charge in [-0.1, -0.05) is 17.7 Å². The summed E-state index contributed by atoms with van der Waals surface area (Å²) in [5, 5.41) is 0.412. The summed E-state index contributed by atoms with van der Waals surface area (Å²) in [5.41, 5.74) is 6.40. The molecule has 0 spiro atoms. The molecule has 3 rings (SSSR count). The van der Waals surface area contributed by atoms with E-state index in [0.29, 0.717) is 37.7 Å². The normalized spacial score (nSPS) is 24.4. The SMILES string of the molecule is CCN(CC)C(=O)C1CNNC1C1CCN(S(=O)(=O)c2cccc(Cl)c2)CC1. The van der Waals surface area contributed by atoms with Gasteiger partial charge in [-0.2, -0.15) is 4.31 Å². The Morgan fingerprint density at radius 2 is 1.93 bits per heavy atom. The van der Waals surface area contributed by atoms with Gasteiger partial charge in [-0.15, -0.1) is 0 Å². The van der Waals surface area contributed by atoms with Gasteiger partial charge < -0.3 is 4.90 Å². The molecule has 2 atom stereocenters. The molecule has 0 bridgehead atoms. The van der Waals surface area contributed by atoms with Crippen molar-refractivity contribution in [3.63, 3.8) is 0 Å². The van der Waals surface area contributed by atoms with E-state index in [0.717, 1.165) is 12.8 Å². The number of sulfonamides is 1. The summed E-state index contributed by atoms with van der Waals surface area (Å²) in [6.07, 6.45) is 1.45. The monoisotopic (exact) mass is 428 g/mol. The number of piperidine rings is 1. The average molecular weight is 429 g/mol. The van der Waals surface area contributed by atoms with Gasteiger partial charge in [0.1, 0.15) is 0 Å². The number of nitrogens with one attached hydrogen (secondary N) is 2. The average Bonchev–Trinajstić information content (AvgIpc) is 3.19. The van der Waals surface area contributed by atoms with Crippen LogP contribution in [0.2, 0.25) is 5.02 Å². The fraction of sp³-hybridized carbons (Fsp3) is 0.632. The van der Waals surface area contributed by atoms with Crippen LogP contribution < -0.4 is 10.9 Å². The number of nitrogens with zero attached hydrogens (tertiary/aromatic N) is 2. The van der Waals surface area contributed by atoms with Crippen LogP contribution in [-0.2, 0) is 14.8 Å². The van der Waals surface area contributed by atoms with Crippen molar-refractivity contribution in [1.82, 2.24) is 20.1 Å². The predicted octanol–water partition coefficient (Wildman–Crippen LogP) is 1.70. The molecule has 2 N–H and O–H groups in total. The van der Waals surface area contributed by atoms with Crippen molar-refractivity contribution >= 4 is 27.5 Å². The van der Waals surface area contributed by atoms with Gasteiger partial charge in [0.05, 0.1) is 10.8 Å². The van der Waals surface area contributed by atoms with E-state index >= 15 is 0 Å². The summed E-state index contributed by atoms with van der Waals surface area (Å²) in [5.74, 6) is 0.313. The third-order valence-corrected chi connectivity index (χ3v) is 7.99. The smallest absolute Gasteiger partial charge is 0.243 e. The van der Waals surface area contributed by atoms with Crippen LogP contribution in [0, 0.1) is 11.8 Å². The lowest BCUT2D eigenvalue weighted by atomic mass is 9.83. The highest BCUT2D eigenvalue weighted by molar-refractivity contribution is 7.89. The number of carbonyl (C=O) groups excluding carboxylic acids is 1. The zero-order valence-corrected chi connectivity index (χ0v) is 18.0. The Morgan fingerprint density at radius 3 is 2.54 bits per heavy atom. The third kappa shape index (κ3) is 4.36. The fourth-order valence-corrected chi connectivity index (χ4v) is 5.99. The second kappa shape index (κ2) is 9.09. The number of amides is 1. The van der Waals surface area contributed by atoms with Gasteiger partial charge in [0.25, 0.3) is 0 Å². The van der Waals surface area contributed by atoms with Gasteiger partial charge in [-0.3, -0.25) is 15.6 Å². The summed E-state index contributed by atoms with van der Waals surface area (Å²) in [6, 6.07) is 6.42. The first-order valence-electron chi connectivity index (χ1n) is 9.91. The maximum Gasteiger partial charge on any atom is 0.243 e. The first-order valence-corrected chi connectivity index (χ1v) is 11.7. The van der Waals surface area contributed by atoms with E-state index in [-0.39, 0.29) is 28.7 Å². The molecule has 2 aliphatic heterocycles. The molecule has 2 fully saturated rings. The zero-order valence-electron chi connectivity index (χ0n) is 16.4. The first-order chi connectivity index (χ1) is 13.4. The molecule has 28 heavy (non-hydrogen) atoms. The van der Waals surface area contributed by atoms with Crippen molar-refractivity contribution in [2.24, 2.45) is 11.8 Å². The second-order valence-electron chi connectivity index (χ2n) is 7.37. The molecule has 2 saturated heterocycles. The number of rotatable bonds is 6. The van der Waals surface area contributed by atoms with Gasteiger partial charge in [0.15, 0.2) is 0 Å². The molecular weight excluding hydrogens is 400 g/mol. The van der Waals surface area contributed by atoms with Crippen molar-refractivity contribution in [1.29, 1.82) is 0 Å². The van der Waals surface area contributed by atoms with E-state index in [4.69, 9.17) is 11.6 Å². The van der Waals surface area contributed by atoms with Crippen LogP contribution in [0.4, 0.5) is 0 Å². The van der Waals surface area contributed by atoms with Gasteiger partial charge in [0, 0.05) is 43.8 Å². The molecule has 1 aromatic carbocycles. The lowest BCUT2D eigenvalue weighted by Crippen LogP contribution is -2.49. The van der Waals surface area contributed by atoms with Gasteiger partial charge in [-0.05, 0) is 50.8 Å². The van der Waals surface area contributed by atoms with Crippen LogP contribution >= 0.6 is 11.6 Å². The Kier molecular flexibility index (Phi) is 6.98.